The molecule has 0 saturated carbocycles. The van der Waals surface area contributed by atoms with Crippen LogP contribution in [0, 0.1) is 6.92 Å². The molecule has 0 spiro atoms. The molecule has 1 atom stereocenters. The number of nitrogens with one attached hydrogen (secondary N) is 2. The fourth-order valence-corrected chi connectivity index (χ4v) is 4.64. The molecule has 1 unspecified atom stereocenters. The average molecular weight is 477 g/mol. The summed E-state index contributed by atoms with van der Waals surface area (Å²) in [5.74, 6) is -1.99. The minimum Gasteiger partial charge on any atom is -0.465 e. The minimum absolute atomic E-state index is 0.169. The zero-order valence-corrected chi connectivity index (χ0v) is 19.2. The Hall–Kier alpha value is -1.85. The number of ether oxygens (including phenoxy) is 3. The Balaban J connectivity index is 1.79. The molecule has 0 aliphatic carbocycles. The monoisotopic (exact) mass is 476 g/mol. The number of carbonyl (C=O) groups is 2. The van der Waals surface area contributed by atoms with Crippen LogP contribution in [0.15, 0.2) is 6.20 Å². The van der Waals surface area contributed by atoms with E-state index in [0.717, 1.165) is 0 Å². The van der Waals surface area contributed by atoms with Crippen molar-refractivity contribution in [3.05, 3.63) is 32.5 Å². The largest absolute Gasteiger partial charge is 0.465 e. The molecular weight excluding hydrogens is 455 g/mol. The lowest BCUT2D eigenvalue weighted by Gasteiger charge is -2.46. The van der Waals surface area contributed by atoms with Gasteiger partial charge >= 0.3 is 5.97 Å². The van der Waals surface area contributed by atoms with Gasteiger partial charge < -0.3 is 29.4 Å². The fourth-order valence-electron chi connectivity index (χ4n) is 3.37. The topological polar surface area (TPSA) is 106 Å². The van der Waals surface area contributed by atoms with Gasteiger partial charge in [0.2, 0.25) is 5.79 Å². The van der Waals surface area contributed by atoms with Gasteiger partial charge in [-0.05, 0) is 13.3 Å². The van der Waals surface area contributed by atoms with Gasteiger partial charge in [0.15, 0.2) is 5.13 Å². The first-order valence-corrected chi connectivity index (χ1v) is 10.6. The molecule has 0 aromatic carbocycles. The molecule has 2 N–H and O–H groups in total. The Morgan fingerprint density at radius 2 is 2.00 bits per heavy atom. The number of carbonyl (C=O) groups excluding carboxylic acids is 2. The van der Waals surface area contributed by atoms with Gasteiger partial charge in [-0.2, -0.15) is 0 Å². The van der Waals surface area contributed by atoms with E-state index < -0.39 is 23.7 Å². The van der Waals surface area contributed by atoms with E-state index in [1.165, 1.54) is 38.9 Å². The number of methoxy groups -OCH3 is 3. The van der Waals surface area contributed by atoms with Gasteiger partial charge in [0, 0.05) is 26.5 Å². The van der Waals surface area contributed by atoms with Gasteiger partial charge in [-0.3, -0.25) is 4.79 Å². The summed E-state index contributed by atoms with van der Waals surface area (Å²) in [6, 6.07) is -0.463. The Bertz CT molecular complexity index is 943. The van der Waals surface area contributed by atoms with Crippen molar-refractivity contribution in [3.63, 3.8) is 0 Å². The lowest BCUT2D eigenvalue weighted by molar-refractivity contribution is -0.223. The second-order valence-corrected chi connectivity index (χ2v) is 8.47. The third-order valence-corrected chi connectivity index (χ3v) is 7.04. The van der Waals surface area contributed by atoms with Gasteiger partial charge in [-0.15, -0.1) is 0 Å². The molecule has 9 nitrogen and oxygen atoms in total. The van der Waals surface area contributed by atoms with Gasteiger partial charge in [-0.25, -0.2) is 9.78 Å². The standard InChI is InChI=1S/C18H22Cl2N4O5S/c1-9-12(19)13(20)14(22-9)15(25)23-11-5-6-24(8-18(11,28-3)29-4)17-21-7-10(30-17)16(26)27-2/h7,11,22H,5-6,8H2,1-4H3,(H,23,25). The van der Waals surface area contributed by atoms with Crippen molar-refractivity contribution < 1.29 is 23.8 Å². The predicted molar refractivity (Wildman–Crippen MR) is 114 cm³/mol. The van der Waals surface area contributed by atoms with E-state index in [9.17, 15) is 9.59 Å². The molecule has 1 fully saturated rings. The molecule has 1 saturated heterocycles. The molecule has 30 heavy (non-hydrogen) atoms. The zero-order valence-electron chi connectivity index (χ0n) is 16.9. The highest BCUT2D eigenvalue weighted by atomic mass is 35.5. The van der Waals surface area contributed by atoms with Crippen molar-refractivity contribution in [1.82, 2.24) is 15.3 Å². The molecule has 3 heterocycles. The Morgan fingerprint density at radius 3 is 2.57 bits per heavy atom. The normalized spacial score (nSPS) is 18.3. The van der Waals surface area contributed by atoms with Gasteiger partial charge in [0.25, 0.3) is 5.91 Å². The number of esters is 1. The van der Waals surface area contributed by atoms with E-state index in [2.05, 4.69) is 15.3 Å². The maximum Gasteiger partial charge on any atom is 0.349 e. The number of piperidine rings is 1. The highest BCUT2D eigenvalue weighted by molar-refractivity contribution is 7.17. The smallest absolute Gasteiger partial charge is 0.349 e. The molecule has 2 aromatic heterocycles. The van der Waals surface area contributed by atoms with Crippen molar-refractivity contribution >= 4 is 51.5 Å². The molecule has 0 bridgehead atoms. The lowest BCUT2D eigenvalue weighted by atomic mass is 9.97. The Morgan fingerprint density at radius 1 is 1.30 bits per heavy atom. The van der Waals surface area contributed by atoms with E-state index >= 15 is 0 Å². The summed E-state index contributed by atoms with van der Waals surface area (Å²) in [5.41, 5.74) is 0.793. The molecule has 1 aliphatic rings. The maximum absolute atomic E-state index is 12.8. The summed E-state index contributed by atoms with van der Waals surface area (Å²) in [5, 5.41) is 4.05. The summed E-state index contributed by atoms with van der Waals surface area (Å²) < 4.78 is 16.1. The summed E-state index contributed by atoms with van der Waals surface area (Å²) in [6.07, 6.45) is 1.98. The number of nitrogens with zero attached hydrogens (tertiary/aromatic N) is 2. The van der Waals surface area contributed by atoms with E-state index in [1.54, 1.807) is 6.92 Å². The first kappa shape index (κ1) is 22.8. The third kappa shape index (κ3) is 4.15. The summed E-state index contributed by atoms with van der Waals surface area (Å²) in [7, 11) is 4.34. The number of amides is 1. The summed E-state index contributed by atoms with van der Waals surface area (Å²) >= 11 is 13.5. The quantitative estimate of drug-likeness (QED) is 0.487. The minimum atomic E-state index is -1.14. The van der Waals surface area contributed by atoms with Crippen molar-refractivity contribution in [3.8, 4) is 0 Å². The summed E-state index contributed by atoms with van der Waals surface area (Å²) in [6.45, 7) is 2.58. The van der Waals surface area contributed by atoms with E-state index in [4.69, 9.17) is 37.4 Å². The fraction of sp³-hybridized carbons (Fsp3) is 0.500. The van der Waals surface area contributed by atoms with Crippen LogP contribution in [0.25, 0.3) is 0 Å². The summed E-state index contributed by atoms with van der Waals surface area (Å²) in [4.78, 5) is 34.1. The van der Waals surface area contributed by atoms with Crippen LogP contribution < -0.4 is 10.2 Å². The Kier molecular flexibility index (Phi) is 6.93. The molecule has 12 heteroatoms. The van der Waals surface area contributed by atoms with Crippen molar-refractivity contribution in [2.24, 2.45) is 0 Å². The molecule has 0 radical (unpaired) electrons. The third-order valence-electron chi connectivity index (χ3n) is 5.06. The number of thiazole rings is 1. The first-order chi connectivity index (χ1) is 14.3. The molecule has 1 aliphatic heterocycles. The van der Waals surface area contributed by atoms with Crippen LogP contribution in [0.3, 0.4) is 0 Å². The molecular formula is C18H22Cl2N4O5S. The number of anilines is 1. The van der Waals surface area contributed by atoms with Crippen LogP contribution in [0.1, 0.15) is 32.3 Å². The van der Waals surface area contributed by atoms with E-state index in [0.29, 0.717) is 33.7 Å². The maximum atomic E-state index is 12.8. The lowest BCUT2D eigenvalue weighted by Crippen LogP contribution is -2.64. The highest BCUT2D eigenvalue weighted by Gasteiger charge is 2.46. The zero-order chi connectivity index (χ0) is 22.1. The van der Waals surface area contributed by atoms with Crippen molar-refractivity contribution in [2.75, 3.05) is 39.3 Å². The highest BCUT2D eigenvalue weighted by Crippen LogP contribution is 2.33. The number of aryl methyl sites for hydroxylation is 1. The number of hydrogen-bond acceptors (Lipinski definition) is 8. The van der Waals surface area contributed by atoms with Crippen molar-refractivity contribution in [1.29, 1.82) is 0 Å². The number of H-pyrrole nitrogens is 1. The van der Waals surface area contributed by atoms with E-state index in [1.807, 2.05) is 4.90 Å². The van der Waals surface area contributed by atoms with Crippen LogP contribution in [-0.2, 0) is 14.2 Å². The Labute approximate surface area is 187 Å². The number of halogens is 2. The molecule has 3 rings (SSSR count). The van der Waals surface area contributed by atoms with Crippen LogP contribution in [-0.4, -0.2) is 68.1 Å². The number of aromatic nitrogens is 2. The predicted octanol–water partition coefficient (Wildman–Crippen LogP) is 2.87. The van der Waals surface area contributed by atoms with Crippen LogP contribution in [0.5, 0.6) is 0 Å². The molecule has 2 aromatic rings. The van der Waals surface area contributed by atoms with Crippen LogP contribution in [0.4, 0.5) is 5.13 Å². The number of rotatable bonds is 6. The van der Waals surface area contributed by atoms with Crippen LogP contribution in [0.2, 0.25) is 10.0 Å². The van der Waals surface area contributed by atoms with Crippen LogP contribution >= 0.6 is 34.5 Å². The number of hydrogen-bond donors (Lipinski definition) is 2. The SMILES string of the molecule is COC(=O)c1cnc(N2CCC(NC(=O)c3[nH]c(C)c(Cl)c3Cl)C(OC)(OC)C2)s1. The van der Waals surface area contributed by atoms with Gasteiger partial charge in [0.05, 0.1) is 35.9 Å². The van der Waals surface area contributed by atoms with Gasteiger partial charge in [0.1, 0.15) is 10.6 Å². The second-order valence-electron chi connectivity index (χ2n) is 6.71. The molecule has 164 valence electrons. The van der Waals surface area contributed by atoms with E-state index in [-0.39, 0.29) is 17.3 Å². The number of aromatic amines is 1. The van der Waals surface area contributed by atoms with Crippen molar-refractivity contribution in [2.45, 2.75) is 25.2 Å². The first-order valence-electron chi connectivity index (χ1n) is 9.00. The molecule has 1 amide bonds. The average Bonchev–Trinajstić information content (AvgIpc) is 3.35. The van der Waals surface area contributed by atoms with Gasteiger partial charge in [-0.1, -0.05) is 34.5 Å². The second kappa shape index (κ2) is 9.11.